The SMILES string of the molecule is OC(CNCC1(O)CCCCC1)CN1CCOCC1. The van der Waals surface area contributed by atoms with Crippen LogP contribution in [0, 0.1) is 0 Å². The maximum atomic E-state index is 10.3. The second-order valence-electron chi connectivity index (χ2n) is 5.98. The zero-order valence-corrected chi connectivity index (χ0v) is 11.8. The molecule has 0 aromatic heterocycles. The molecule has 1 aliphatic heterocycles. The van der Waals surface area contributed by atoms with Crippen LogP contribution in [0.1, 0.15) is 32.1 Å². The van der Waals surface area contributed by atoms with Crippen molar-refractivity contribution in [3.8, 4) is 0 Å². The van der Waals surface area contributed by atoms with Gasteiger partial charge in [0.05, 0.1) is 24.9 Å². The average molecular weight is 272 g/mol. The van der Waals surface area contributed by atoms with Gasteiger partial charge in [-0.3, -0.25) is 4.90 Å². The summed E-state index contributed by atoms with van der Waals surface area (Å²) in [6.45, 7) is 5.18. The van der Waals surface area contributed by atoms with E-state index in [4.69, 9.17) is 4.74 Å². The molecule has 3 N–H and O–H groups in total. The number of nitrogens with one attached hydrogen (secondary N) is 1. The number of morpholine rings is 1. The number of aliphatic hydroxyl groups is 2. The van der Waals surface area contributed by atoms with E-state index in [0.29, 0.717) is 19.6 Å². The number of hydrogen-bond acceptors (Lipinski definition) is 5. The molecule has 2 rings (SSSR count). The van der Waals surface area contributed by atoms with Gasteiger partial charge in [0.1, 0.15) is 0 Å². The monoisotopic (exact) mass is 272 g/mol. The number of aliphatic hydroxyl groups excluding tert-OH is 1. The lowest BCUT2D eigenvalue weighted by atomic mass is 9.85. The van der Waals surface area contributed by atoms with E-state index in [0.717, 1.165) is 52.0 Å². The summed E-state index contributed by atoms with van der Waals surface area (Å²) in [7, 11) is 0. The molecule has 0 aromatic rings. The van der Waals surface area contributed by atoms with Crippen molar-refractivity contribution in [1.29, 1.82) is 0 Å². The van der Waals surface area contributed by atoms with Gasteiger partial charge in [0, 0.05) is 32.7 Å². The van der Waals surface area contributed by atoms with Crippen LogP contribution in [-0.2, 0) is 4.74 Å². The summed E-state index contributed by atoms with van der Waals surface area (Å²) < 4.78 is 5.28. The zero-order chi connectivity index (χ0) is 13.6. The van der Waals surface area contributed by atoms with E-state index < -0.39 is 5.60 Å². The average Bonchev–Trinajstić information content (AvgIpc) is 2.40. The Morgan fingerprint density at radius 3 is 2.53 bits per heavy atom. The van der Waals surface area contributed by atoms with Gasteiger partial charge in [-0.05, 0) is 12.8 Å². The van der Waals surface area contributed by atoms with Crippen LogP contribution in [-0.4, -0.2) is 72.8 Å². The standard InChI is InChI=1S/C14H28N2O3/c17-13(11-16-6-8-19-9-7-16)10-15-12-14(18)4-2-1-3-5-14/h13,15,17-18H,1-12H2. The van der Waals surface area contributed by atoms with Gasteiger partial charge in [-0.15, -0.1) is 0 Å². The number of β-amino-alcohol motifs (C(OH)–C–C–N with tert-alkyl or cyclic N) is 1. The van der Waals surface area contributed by atoms with E-state index in [1.165, 1.54) is 6.42 Å². The fourth-order valence-corrected chi connectivity index (χ4v) is 3.00. The molecule has 2 aliphatic rings. The predicted octanol–water partition coefficient (Wildman–Crippen LogP) is -0.0357. The Morgan fingerprint density at radius 1 is 1.16 bits per heavy atom. The van der Waals surface area contributed by atoms with Crippen molar-refractivity contribution in [2.24, 2.45) is 0 Å². The molecule has 1 atom stereocenters. The fraction of sp³-hybridized carbons (Fsp3) is 1.00. The molecule has 1 unspecified atom stereocenters. The van der Waals surface area contributed by atoms with Crippen LogP contribution in [0.15, 0.2) is 0 Å². The first-order valence-electron chi connectivity index (χ1n) is 7.59. The van der Waals surface area contributed by atoms with Gasteiger partial charge in [0.2, 0.25) is 0 Å². The summed E-state index contributed by atoms with van der Waals surface area (Å²) >= 11 is 0. The predicted molar refractivity (Wildman–Crippen MR) is 74.2 cm³/mol. The molecule has 0 aromatic carbocycles. The summed E-state index contributed by atoms with van der Waals surface area (Å²) in [5.74, 6) is 0. The van der Waals surface area contributed by atoms with Gasteiger partial charge in [0.25, 0.3) is 0 Å². The van der Waals surface area contributed by atoms with Crippen molar-refractivity contribution in [3.63, 3.8) is 0 Å². The molecule has 112 valence electrons. The Kier molecular flexibility index (Phi) is 6.04. The van der Waals surface area contributed by atoms with Crippen LogP contribution < -0.4 is 5.32 Å². The first-order valence-corrected chi connectivity index (χ1v) is 7.59. The van der Waals surface area contributed by atoms with Gasteiger partial charge in [0.15, 0.2) is 0 Å². The molecule has 1 aliphatic carbocycles. The Hall–Kier alpha value is -0.200. The van der Waals surface area contributed by atoms with Crippen LogP contribution in [0.25, 0.3) is 0 Å². The van der Waals surface area contributed by atoms with Crippen LogP contribution >= 0.6 is 0 Å². The van der Waals surface area contributed by atoms with Gasteiger partial charge in [-0.25, -0.2) is 0 Å². The molecule has 0 amide bonds. The van der Waals surface area contributed by atoms with E-state index in [9.17, 15) is 10.2 Å². The second kappa shape index (κ2) is 7.55. The highest BCUT2D eigenvalue weighted by atomic mass is 16.5. The Morgan fingerprint density at radius 2 is 1.84 bits per heavy atom. The summed E-state index contributed by atoms with van der Waals surface area (Å²) in [5, 5.41) is 23.5. The van der Waals surface area contributed by atoms with Crippen molar-refractivity contribution in [1.82, 2.24) is 10.2 Å². The topological polar surface area (TPSA) is 65.0 Å². The Balaban J connectivity index is 1.59. The summed E-state index contributed by atoms with van der Waals surface area (Å²) in [6, 6.07) is 0. The normalized spacial score (nSPS) is 26.2. The molecule has 5 nitrogen and oxygen atoms in total. The third kappa shape index (κ3) is 5.36. The van der Waals surface area contributed by atoms with Crippen LogP contribution in [0.3, 0.4) is 0 Å². The van der Waals surface area contributed by atoms with Gasteiger partial charge in [-0.2, -0.15) is 0 Å². The fourth-order valence-electron chi connectivity index (χ4n) is 3.00. The van der Waals surface area contributed by atoms with E-state index >= 15 is 0 Å². The summed E-state index contributed by atoms with van der Waals surface area (Å²) in [6.07, 6.45) is 4.88. The lowest BCUT2D eigenvalue weighted by molar-refractivity contribution is -0.00258. The minimum atomic E-state index is -0.545. The molecule has 1 heterocycles. The number of ether oxygens (including phenoxy) is 1. The number of rotatable bonds is 6. The summed E-state index contributed by atoms with van der Waals surface area (Å²) in [4.78, 5) is 2.23. The first kappa shape index (κ1) is 15.2. The highest BCUT2D eigenvalue weighted by molar-refractivity contribution is 4.84. The highest BCUT2D eigenvalue weighted by Gasteiger charge is 2.28. The lowest BCUT2D eigenvalue weighted by Gasteiger charge is -2.33. The van der Waals surface area contributed by atoms with Crippen LogP contribution in [0.4, 0.5) is 0 Å². The van der Waals surface area contributed by atoms with Crippen molar-refractivity contribution >= 4 is 0 Å². The first-order chi connectivity index (χ1) is 9.18. The molecule has 0 bridgehead atoms. The summed E-state index contributed by atoms with van der Waals surface area (Å²) in [5.41, 5.74) is -0.545. The third-order valence-electron chi connectivity index (χ3n) is 4.19. The van der Waals surface area contributed by atoms with Gasteiger partial charge < -0.3 is 20.3 Å². The van der Waals surface area contributed by atoms with E-state index in [1.54, 1.807) is 0 Å². The van der Waals surface area contributed by atoms with Crippen molar-refractivity contribution < 1.29 is 14.9 Å². The quantitative estimate of drug-likeness (QED) is 0.633. The molecule has 1 saturated carbocycles. The van der Waals surface area contributed by atoms with Gasteiger partial charge in [-0.1, -0.05) is 19.3 Å². The van der Waals surface area contributed by atoms with Crippen molar-refractivity contribution in [2.75, 3.05) is 45.9 Å². The molecular formula is C14H28N2O3. The highest BCUT2D eigenvalue weighted by Crippen LogP contribution is 2.27. The molecular weight excluding hydrogens is 244 g/mol. The minimum absolute atomic E-state index is 0.370. The third-order valence-corrected chi connectivity index (χ3v) is 4.19. The zero-order valence-electron chi connectivity index (χ0n) is 11.8. The number of hydrogen-bond donors (Lipinski definition) is 3. The molecule has 0 spiro atoms. The van der Waals surface area contributed by atoms with Gasteiger partial charge >= 0.3 is 0 Å². The molecule has 5 heteroatoms. The van der Waals surface area contributed by atoms with Crippen molar-refractivity contribution in [2.45, 2.75) is 43.8 Å². The van der Waals surface area contributed by atoms with E-state index in [2.05, 4.69) is 10.2 Å². The van der Waals surface area contributed by atoms with E-state index in [-0.39, 0.29) is 6.10 Å². The largest absolute Gasteiger partial charge is 0.390 e. The molecule has 0 radical (unpaired) electrons. The second-order valence-corrected chi connectivity index (χ2v) is 5.98. The number of nitrogens with zero attached hydrogens (tertiary/aromatic N) is 1. The van der Waals surface area contributed by atoms with Crippen LogP contribution in [0.5, 0.6) is 0 Å². The van der Waals surface area contributed by atoms with E-state index in [1.807, 2.05) is 0 Å². The Labute approximate surface area is 115 Å². The lowest BCUT2D eigenvalue weighted by Crippen LogP contribution is -2.47. The van der Waals surface area contributed by atoms with Crippen LogP contribution in [0.2, 0.25) is 0 Å². The molecule has 1 saturated heterocycles. The maximum Gasteiger partial charge on any atom is 0.0791 e. The Bertz CT molecular complexity index is 251. The minimum Gasteiger partial charge on any atom is -0.390 e. The molecule has 2 fully saturated rings. The smallest absolute Gasteiger partial charge is 0.0791 e. The maximum absolute atomic E-state index is 10.3. The van der Waals surface area contributed by atoms with Crippen molar-refractivity contribution in [3.05, 3.63) is 0 Å². The molecule has 19 heavy (non-hydrogen) atoms.